The molecule has 0 bridgehead atoms. The molecule has 4 nitrogen and oxygen atoms in total. The van der Waals surface area contributed by atoms with Crippen LogP contribution in [0.2, 0.25) is 0 Å². The number of hydrogen-bond donors (Lipinski definition) is 0. The molecule has 1 atom stereocenters. The summed E-state index contributed by atoms with van der Waals surface area (Å²) in [6.07, 6.45) is -0.566. The highest BCUT2D eigenvalue weighted by Crippen LogP contribution is 2.32. The van der Waals surface area contributed by atoms with E-state index in [0.717, 1.165) is 22.3 Å². The predicted molar refractivity (Wildman–Crippen MR) is 108 cm³/mol. The largest absolute Gasteiger partial charge is 0.462 e. The average molecular weight is 378 g/mol. The lowest BCUT2D eigenvalue weighted by Crippen LogP contribution is -2.03. The highest BCUT2D eigenvalue weighted by molar-refractivity contribution is 7.17. The molecule has 0 aliphatic heterocycles. The van der Waals surface area contributed by atoms with Gasteiger partial charge in [0.25, 0.3) is 0 Å². The lowest BCUT2D eigenvalue weighted by molar-refractivity contribution is 0.0531. The molecule has 3 rings (SSSR count). The molecule has 0 aliphatic carbocycles. The van der Waals surface area contributed by atoms with Crippen molar-refractivity contribution >= 4 is 17.3 Å². The fourth-order valence-corrected chi connectivity index (χ4v) is 3.68. The van der Waals surface area contributed by atoms with Gasteiger partial charge in [-0.1, -0.05) is 43.3 Å². The van der Waals surface area contributed by atoms with E-state index in [1.807, 2.05) is 36.4 Å². The number of ether oxygens (including phenoxy) is 1. The standard InChI is InChI=1S/C22H20N2O2S/c1-4-15-6-8-16(9-7-15)19-11-10-17(12-18(19)13-23)21-24-14(3)20(27-21)22(25)26-5-2/h6-12H,4-5H2,1-3H3/i1D,4D. The Balaban J connectivity index is 1.95. The number of nitriles is 1. The van der Waals surface area contributed by atoms with E-state index in [9.17, 15) is 10.1 Å². The minimum absolute atomic E-state index is 0.0124. The molecule has 1 aromatic heterocycles. The molecule has 136 valence electrons. The van der Waals surface area contributed by atoms with Crippen molar-refractivity contribution < 1.29 is 12.3 Å². The third kappa shape index (κ3) is 3.91. The highest BCUT2D eigenvalue weighted by Gasteiger charge is 2.18. The summed E-state index contributed by atoms with van der Waals surface area (Å²) in [5.41, 5.74) is 4.32. The highest BCUT2D eigenvalue weighted by atomic mass is 32.1. The van der Waals surface area contributed by atoms with Crippen molar-refractivity contribution in [1.82, 2.24) is 4.98 Å². The van der Waals surface area contributed by atoms with E-state index in [1.165, 1.54) is 11.3 Å². The van der Waals surface area contributed by atoms with Crippen LogP contribution in [0.25, 0.3) is 21.7 Å². The van der Waals surface area contributed by atoms with Gasteiger partial charge in [-0.2, -0.15) is 5.26 Å². The number of hydrogen-bond acceptors (Lipinski definition) is 5. The Morgan fingerprint density at radius 3 is 2.70 bits per heavy atom. The average Bonchev–Trinajstić information content (AvgIpc) is 3.14. The van der Waals surface area contributed by atoms with Crippen molar-refractivity contribution in [3.05, 3.63) is 64.2 Å². The molecular weight excluding hydrogens is 356 g/mol. The number of benzene rings is 2. The first-order valence-corrected chi connectivity index (χ1v) is 9.31. The van der Waals surface area contributed by atoms with E-state index < -0.39 is 6.40 Å². The van der Waals surface area contributed by atoms with Crippen LogP contribution in [0.1, 0.15) is 43.1 Å². The van der Waals surface area contributed by atoms with E-state index in [2.05, 4.69) is 11.1 Å². The Hall–Kier alpha value is -2.97. The molecule has 27 heavy (non-hydrogen) atoms. The summed E-state index contributed by atoms with van der Waals surface area (Å²) < 4.78 is 20.2. The lowest BCUT2D eigenvalue weighted by atomic mass is 9.97. The molecule has 1 heterocycles. The smallest absolute Gasteiger partial charge is 0.350 e. The molecule has 2 aromatic carbocycles. The van der Waals surface area contributed by atoms with Gasteiger partial charge in [0, 0.05) is 8.30 Å². The second-order valence-electron chi connectivity index (χ2n) is 5.85. The zero-order valence-electron chi connectivity index (χ0n) is 17.2. The van der Waals surface area contributed by atoms with E-state index in [-0.39, 0.29) is 12.9 Å². The van der Waals surface area contributed by atoms with Gasteiger partial charge >= 0.3 is 5.97 Å². The molecule has 0 spiro atoms. The summed E-state index contributed by atoms with van der Waals surface area (Å²) >= 11 is 1.26. The molecule has 0 amide bonds. The van der Waals surface area contributed by atoms with Crippen molar-refractivity contribution in [1.29, 1.82) is 5.26 Å². The molecular formula is C22H20N2O2S. The van der Waals surface area contributed by atoms with Crippen LogP contribution >= 0.6 is 11.3 Å². The number of rotatable bonds is 5. The van der Waals surface area contributed by atoms with Crippen LogP contribution in [0.15, 0.2) is 42.5 Å². The number of aryl methyl sites for hydroxylation is 2. The number of esters is 1. The quantitative estimate of drug-likeness (QED) is 0.558. The Morgan fingerprint density at radius 2 is 2.04 bits per heavy atom. The van der Waals surface area contributed by atoms with Crippen molar-refractivity contribution in [3.63, 3.8) is 0 Å². The second-order valence-corrected chi connectivity index (χ2v) is 6.85. The Labute approximate surface area is 165 Å². The third-order valence-electron chi connectivity index (χ3n) is 4.10. The summed E-state index contributed by atoms with van der Waals surface area (Å²) in [5, 5.41) is 10.3. The van der Waals surface area contributed by atoms with Gasteiger partial charge in [-0.3, -0.25) is 0 Å². The fourth-order valence-electron chi connectivity index (χ4n) is 2.73. The van der Waals surface area contributed by atoms with Crippen molar-refractivity contribution in [2.45, 2.75) is 27.1 Å². The molecule has 5 heteroatoms. The molecule has 1 unspecified atom stereocenters. The zero-order chi connectivity index (χ0) is 21.0. The molecule has 0 radical (unpaired) electrons. The Kier molecular flexibility index (Phi) is 4.90. The van der Waals surface area contributed by atoms with Gasteiger partial charge in [0.2, 0.25) is 0 Å². The number of nitrogens with zero attached hydrogens (tertiary/aromatic N) is 2. The minimum Gasteiger partial charge on any atom is -0.462 e. The van der Waals surface area contributed by atoms with Crippen LogP contribution in [-0.2, 0) is 11.1 Å². The number of aromatic nitrogens is 1. The van der Waals surface area contributed by atoms with Gasteiger partial charge in [0.05, 0.1) is 23.9 Å². The van der Waals surface area contributed by atoms with Crippen LogP contribution in [0.5, 0.6) is 0 Å². The van der Waals surface area contributed by atoms with Gasteiger partial charge in [0.15, 0.2) is 0 Å². The number of carbonyl (C=O) groups excluding carboxylic acids is 1. The van der Waals surface area contributed by atoms with Crippen molar-refractivity contribution in [2.75, 3.05) is 6.61 Å². The molecule has 0 fully saturated rings. The van der Waals surface area contributed by atoms with Gasteiger partial charge in [0.1, 0.15) is 9.88 Å². The first kappa shape index (κ1) is 16.2. The van der Waals surface area contributed by atoms with Gasteiger partial charge in [-0.15, -0.1) is 11.3 Å². The number of thiazole rings is 1. The van der Waals surface area contributed by atoms with Crippen molar-refractivity contribution in [3.8, 4) is 27.8 Å². The van der Waals surface area contributed by atoms with Crippen LogP contribution in [0.4, 0.5) is 0 Å². The SMILES string of the molecule is [2H]CC([2H])c1ccc(-c2ccc(-c3nc(C)c(C(=O)OCC)s3)cc2C#N)cc1. The monoisotopic (exact) mass is 378 g/mol. The van der Waals surface area contributed by atoms with Crippen LogP contribution in [0.3, 0.4) is 0 Å². The van der Waals surface area contributed by atoms with Crippen LogP contribution in [-0.4, -0.2) is 17.6 Å². The van der Waals surface area contributed by atoms with E-state index in [4.69, 9.17) is 7.48 Å². The third-order valence-corrected chi connectivity index (χ3v) is 5.29. The molecule has 0 aliphatic rings. The Morgan fingerprint density at radius 1 is 1.30 bits per heavy atom. The maximum Gasteiger partial charge on any atom is 0.350 e. The van der Waals surface area contributed by atoms with E-state index in [0.29, 0.717) is 27.7 Å². The summed E-state index contributed by atoms with van der Waals surface area (Å²) in [4.78, 5) is 17.0. The van der Waals surface area contributed by atoms with Gasteiger partial charge in [-0.05, 0) is 43.0 Å². The predicted octanol–water partition coefficient (Wildman–Crippen LogP) is 5.40. The summed E-state index contributed by atoms with van der Waals surface area (Å²) in [6, 6.07) is 15.1. The molecule has 0 saturated carbocycles. The van der Waals surface area contributed by atoms with E-state index >= 15 is 0 Å². The minimum atomic E-state index is -0.566. The molecule has 3 aromatic rings. The van der Waals surface area contributed by atoms with Gasteiger partial charge in [-0.25, -0.2) is 9.78 Å². The van der Waals surface area contributed by atoms with Crippen molar-refractivity contribution in [2.24, 2.45) is 0 Å². The molecule has 0 saturated heterocycles. The lowest BCUT2D eigenvalue weighted by Gasteiger charge is -2.07. The van der Waals surface area contributed by atoms with Crippen LogP contribution in [0, 0.1) is 18.3 Å². The maximum absolute atomic E-state index is 12.0. The second kappa shape index (κ2) is 8.15. The summed E-state index contributed by atoms with van der Waals surface area (Å²) in [5.74, 6) is -0.383. The van der Waals surface area contributed by atoms with Gasteiger partial charge < -0.3 is 4.74 Å². The van der Waals surface area contributed by atoms with Crippen LogP contribution < -0.4 is 0 Å². The van der Waals surface area contributed by atoms with E-state index in [1.54, 1.807) is 19.9 Å². The fraction of sp³-hybridized carbons (Fsp3) is 0.227. The summed E-state index contributed by atoms with van der Waals surface area (Å²) in [6.45, 7) is 3.85. The first-order valence-electron chi connectivity index (χ1n) is 9.77. The normalized spacial score (nSPS) is 12.6. The molecule has 0 N–H and O–H groups in total. The zero-order valence-corrected chi connectivity index (χ0v) is 16.0. The number of carbonyl (C=O) groups is 1. The summed E-state index contributed by atoms with van der Waals surface area (Å²) in [7, 11) is 0. The Bertz CT molecular complexity index is 1070. The maximum atomic E-state index is 12.0. The first-order chi connectivity index (χ1) is 14.0. The topological polar surface area (TPSA) is 63.0 Å².